The Morgan fingerprint density at radius 2 is 2.28 bits per heavy atom. The van der Waals surface area contributed by atoms with Gasteiger partial charge in [-0.1, -0.05) is 5.16 Å². The minimum atomic E-state index is 0.103. The molecule has 0 unspecified atom stereocenters. The number of oxime groups is 1. The lowest BCUT2D eigenvalue weighted by Crippen LogP contribution is -2.37. The summed E-state index contributed by atoms with van der Waals surface area (Å²) in [7, 11) is 2.00. The van der Waals surface area contributed by atoms with Gasteiger partial charge in [-0.2, -0.15) is 0 Å². The Labute approximate surface area is 106 Å². The van der Waals surface area contributed by atoms with Gasteiger partial charge in [-0.25, -0.2) is 0 Å². The maximum Gasteiger partial charge on any atom is 0.172 e. The van der Waals surface area contributed by atoms with Gasteiger partial charge in [-0.3, -0.25) is 4.98 Å². The summed E-state index contributed by atoms with van der Waals surface area (Å²) in [5, 5.41) is 11.9. The van der Waals surface area contributed by atoms with E-state index >= 15 is 0 Å². The SMILES string of the molecule is CN(c1cnccc1/C(N)=N/O)C1CCOCC1. The fraction of sp³-hybridized carbons (Fsp3) is 0.500. The maximum atomic E-state index is 8.81. The molecule has 0 atom stereocenters. The number of rotatable bonds is 3. The standard InChI is InChI=1S/C12H18N4O2/c1-16(9-3-6-18-7-4-9)11-8-14-5-2-10(11)12(13)15-17/h2,5,8-9,17H,3-4,6-7H2,1H3,(H2,13,15). The van der Waals surface area contributed by atoms with Crippen LogP contribution in [0.5, 0.6) is 0 Å². The summed E-state index contributed by atoms with van der Waals surface area (Å²) in [6.45, 7) is 1.54. The average Bonchev–Trinajstić information content (AvgIpc) is 2.46. The van der Waals surface area contributed by atoms with Crippen molar-refractivity contribution in [1.82, 2.24) is 4.98 Å². The molecule has 3 N–H and O–H groups in total. The third-order valence-corrected chi connectivity index (χ3v) is 3.30. The Bertz CT molecular complexity index is 430. The van der Waals surface area contributed by atoms with Gasteiger partial charge in [0.15, 0.2) is 5.84 Å². The van der Waals surface area contributed by atoms with Crippen LogP contribution < -0.4 is 10.6 Å². The Morgan fingerprint density at radius 1 is 1.56 bits per heavy atom. The van der Waals surface area contributed by atoms with E-state index in [-0.39, 0.29) is 5.84 Å². The number of anilines is 1. The first kappa shape index (κ1) is 12.6. The van der Waals surface area contributed by atoms with Crippen LogP contribution in [0.1, 0.15) is 18.4 Å². The van der Waals surface area contributed by atoms with Gasteiger partial charge in [0, 0.05) is 38.1 Å². The van der Waals surface area contributed by atoms with Crippen LogP contribution in [0.2, 0.25) is 0 Å². The normalized spacial score (nSPS) is 17.7. The number of nitrogens with two attached hydrogens (primary N) is 1. The first-order valence-corrected chi connectivity index (χ1v) is 5.96. The summed E-state index contributed by atoms with van der Waals surface area (Å²) in [5.41, 5.74) is 7.25. The van der Waals surface area contributed by atoms with E-state index < -0.39 is 0 Å². The van der Waals surface area contributed by atoms with Crippen molar-refractivity contribution in [2.45, 2.75) is 18.9 Å². The van der Waals surface area contributed by atoms with Crippen molar-refractivity contribution in [1.29, 1.82) is 0 Å². The molecule has 0 spiro atoms. The van der Waals surface area contributed by atoms with Crippen molar-refractivity contribution in [2.24, 2.45) is 10.9 Å². The molecule has 18 heavy (non-hydrogen) atoms. The molecule has 1 fully saturated rings. The molecule has 1 saturated heterocycles. The van der Waals surface area contributed by atoms with Crippen LogP contribution in [0, 0.1) is 0 Å². The number of amidine groups is 1. The third kappa shape index (κ3) is 2.53. The summed E-state index contributed by atoms with van der Waals surface area (Å²) >= 11 is 0. The molecule has 0 aliphatic carbocycles. The number of nitrogens with zero attached hydrogens (tertiary/aromatic N) is 3. The smallest absolute Gasteiger partial charge is 0.172 e. The lowest BCUT2D eigenvalue weighted by molar-refractivity contribution is 0.0855. The molecular formula is C12H18N4O2. The highest BCUT2D eigenvalue weighted by atomic mass is 16.5. The van der Waals surface area contributed by atoms with Gasteiger partial charge >= 0.3 is 0 Å². The van der Waals surface area contributed by atoms with Crippen molar-refractivity contribution in [3.8, 4) is 0 Å². The van der Waals surface area contributed by atoms with E-state index in [1.165, 1.54) is 0 Å². The highest BCUT2D eigenvalue weighted by molar-refractivity contribution is 6.02. The second-order valence-corrected chi connectivity index (χ2v) is 4.33. The summed E-state index contributed by atoms with van der Waals surface area (Å²) in [4.78, 5) is 6.24. The molecule has 98 valence electrons. The van der Waals surface area contributed by atoms with E-state index in [2.05, 4.69) is 15.0 Å². The van der Waals surface area contributed by atoms with E-state index in [1.807, 2.05) is 7.05 Å². The van der Waals surface area contributed by atoms with Crippen LogP contribution in [0.3, 0.4) is 0 Å². The number of hydrogen-bond donors (Lipinski definition) is 2. The quantitative estimate of drug-likeness (QED) is 0.358. The molecular weight excluding hydrogens is 232 g/mol. The molecule has 2 rings (SSSR count). The fourth-order valence-electron chi connectivity index (χ4n) is 2.21. The fourth-order valence-corrected chi connectivity index (χ4v) is 2.21. The van der Waals surface area contributed by atoms with Crippen molar-refractivity contribution < 1.29 is 9.94 Å². The zero-order valence-electron chi connectivity index (χ0n) is 10.4. The monoisotopic (exact) mass is 250 g/mol. The van der Waals surface area contributed by atoms with Gasteiger partial charge in [0.2, 0.25) is 0 Å². The van der Waals surface area contributed by atoms with Gasteiger partial charge in [-0.15, -0.1) is 0 Å². The van der Waals surface area contributed by atoms with Gasteiger partial charge < -0.3 is 20.6 Å². The van der Waals surface area contributed by atoms with Crippen LogP contribution >= 0.6 is 0 Å². The predicted molar refractivity (Wildman–Crippen MR) is 69.0 cm³/mol. The van der Waals surface area contributed by atoms with Crippen LogP contribution in [-0.4, -0.2) is 42.3 Å². The molecule has 1 aromatic rings. The molecule has 1 aliphatic rings. The zero-order chi connectivity index (χ0) is 13.0. The first-order chi connectivity index (χ1) is 8.74. The van der Waals surface area contributed by atoms with Crippen molar-refractivity contribution in [2.75, 3.05) is 25.2 Å². The molecule has 0 radical (unpaired) electrons. The van der Waals surface area contributed by atoms with E-state index in [0.717, 1.165) is 31.7 Å². The lowest BCUT2D eigenvalue weighted by Gasteiger charge is -2.33. The van der Waals surface area contributed by atoms with Crippen molar-refractivity contribution in [3.05, 3.63) is 24.0 Å². The van der Waals surface area contributed by atoms with Crippen molar-refractivity contribution in [3.63, 3.8) is 0 Å². The van der Waals surface area contributed by atoms with Crippen LogP contribution in [0.15, 0.2) is 23.6 Å². The number of hydrogen-bond acceptors (Lipinski definition) is 5. The van der Waals surface area contributed by atoms with E-state index in [0.29, 0.717) is 11.6 Å². The molecule has 1 aromatic heterocycles. The summed E-state index contributed by atoms with van der Waals surface area (Å²) in [6, 6.07) is 2.15. The lowest BCUT2D eigenvalue weighted by atomic mass is 10.1. The predicted octanol–water partition coefficient (Wildman–Crippen LogP) is 0.791. The largest absolute Gasteiger partial charge is 0.409 e. The molecule has 0 bridgehead atoms. The van der Waals surface area contributed by atoms with Crippen LogP contribution in [-0.2, 0) is 4.74 Å². The summed E-state index contributed by atoms with van der Waals surface area (Å²) in [5.74, 6) is 0.103. The maximum absolute atomic E-state index is 8.81. The molecule has 0 aromatic carbocycles. The number of aromatic nitrogens is 1. The van der Waals surface area contributed by atoms with Crippen LogP contribution in [0.4, 0.5) is 5.69 Å². The Balaban J connectivity index is 2.26. The van der Waals surface area contributed by atoms with E-state index in [1.54, 1.807) is 18.5 Å². The molecule has 0 amide bonds. The van der Waals surface area contributed by atoms with Gasteiger partial charge in [0.25, 0.3) is 0 Å². The molecule has 6 nitrogen and oxygen atoms in total. The Morgan fingerprint density at radius 3 is 2.94 bits per heavy atom. The highest BCUT2D eigenvalue weighted by Gasteiger charge is 2.21. The number of ether oxygens (including phenoxy) is 1. The minimum absolute atomic E-state index is 0.103. The first-order valence-electron chi connectivity index (χ1n) is 5.96. The topological polar surface area (TPSA) is 84.0 Å². The van der Waals surface area contributed by atoms with Crippen LogP contribution in [0.25, 0.3) is 0 Å². The van der Waals surface area contributed by atoms with E-state index in [9.17, 15) is 0 Å². The third-order valence-electron chi connectivity index (χ3n) is 3.30. The second-order valence-electron chi connectivity index (χ2n) is 4.33. The molecule has 6 heteroatoms. The molecule has 1 aliphatic heterocycles. The van der Waals surface area contributed by atoms with Gasteiger partial charge in [-0.05, 0) is 18.9 Å². The van der Waals surface area contributed by atoms with Gasteiger partial charge in [0.05, 0.1) is 11.9 Å². The molecule has 2 heterocycles. The zero-order valence-corrected chi connectivity index (χ0v) is 10.4. The average molecular weight is 250 g/mol. The van der Waals surface area contributed by atoms with Gasteiger partial charge in [0.1, 0.15) is 0 Å². The highest BCUT2D eigenvalue weighted by Crippen LogP contribution is 2.23. The van der Waals surface area contributed by atoms with E-state index in [4.69, 9.17) is 15.7 Å². The number of pyridine rings is 1. The second kappa shape index (κ2) is 5.68. The Hall–Kier alpha value is -1.82. The Kier molecular flexibility index (Phi) is 3.99. The molecule has 0 saturated carbocycles. The summed E-state index contributed by atoms with van der Waals surface area (Å²) in [6.07, 6.45) is 5.32. The minimum Gasteiger partial charge on any atom is -0.409 e. The summed E-state index contributed by atoms with van der Waals surface area (Å²) < 4.78 is 5.35. The van der Waals surface area contributed by atoms with Crippen molar-refractivity contribution >= 4 is 11.5 Å².